The zero-order chi connectivity index (χ0) is 25.5. The van der Waals surface area contributed by atoms with Crippen LogP contribution < -0.4 is 0 Å². The average molecular weight is 598 g/mol. The molecule has 0 radical (unpaired) electrons. The molecule has 0 bridgehead atoms. The Bertz CT molecular complexity index is 814. The van der Waals surface area contributed by atoms with Crippen molar-refractivity contribution in [2.24, 2.45) is 0 Å². The molecule has 5 unspecified atom stereocenters. The molecule has 8 atom stereocenters. The molecule has 20 heteroatoms. The number of rotatable bonds is 16. The minimum absolute atomic E-state index is 0.204. The van der Waals surface area contributed by atoms with E-state index in [1.54, 1.807) is 28.5 Å². The third kappa shape index (κ3) is 12.4. The molecule has 0 aromatic carbocycles. The van der Waals surface area contributed by atoms with Gasteiger partial charge >= 0.3 is 15.6 Å². The summed E-state index contributed by atoms with van der Waals surface area (Å²) in [6.45, 7) is 1.17. The lowest BCUT2D eigenvalue weighted by atomic mass is 10.1. The quantitative estimate of drug-likeness (QED) is 0.0983. The number of phosphoric ester groups is 1. The smallest absolute Gasteiger partial charge is 0.387 e. The van der Waals surface area contributed by atoms with E-state index in [4.69, 9.17) is 23.2 Å². The van der Waals surface area contributed by atoms with E-state index in [-0.39, 0.29) is 6.61 Å². The summed E-state index contributed by atoms with van der Waals surface area (Å²) in [4.78, 5) is 38.9. The van der Waals surface area contributed by atoms with Crippen molar-refractivity contribution in [3.63, 3.8) is 0 Å². The molecule has 0 spiro atoms. The summed E-state index contributed by atoms with van der Waals surface area (Å²) in [5.41, 5.74) is 0. The van der Waals surface area contributed by atoms with Gasteiger partial charge in [0, 0.05) is 12.9 Å². The van der Waals surface area contributed by atoms with Crippen molar-refractivity contribution < 1.29 is 65.3 Å². The molecule has 0 saturated carbocycles. The highest BCUT2D eigenvalue weighted by Crippen LogP contribution is 2.67. The molecule has 0 aromatic rings. The van der Waals surface area contributed by atoms with Crippen LogP contribution in [-0.2, 0) is 40.6 Å². The second kappa shape index (κ2) is 13.7. The predicted molar refractivity (Wildman–Crippen MR) is 129 cm³/mol. The van der Waals surface area contributed by atoms with Gasteiger partial charge in [-0.3, -0.25) is 4.52 Å². The van der Waals surface area contributed by atoms with Crippen LogP contribution in [0.1, 0.15) is 13.3 Å². The summed E-state index contributed by atoms with van der Waals surface area (Å²) in [5.74, 6) is 0.804. The first-order valence-corrected chi connectivity index (χ1v) is 18.3. The van der Waals surface area contributed by atoms with Crippen molar-refractivity contribution in [1.82, 2.24) is 0 Å². The Kier molecular flexibility index (Phi) is 13.4. The van der Waals surface area contributed by atoms with Crippen LogP contribution in [0, 0.1) is 0 Å². The zero-order valence-corrected chi connectivity index (χ0v) is 23.3. The fraction of sp³-hybridized carbons (Fsp3) is 0.846. The lowest BCUT2D eigenvalue weighted by Gasteiger charge is -2.26. The van der Waals surface area contributed by atoms with Gasteiger partial charge in [0.2, 0.25) is 7.57 Å². The summed E-state index contributed by atoms with van der Waals surface area (Å²) in [6.07, 6.45) is 4.94. The van der Waals surface area contributed by atoms with Gasteiger partial charge in [-0.15, -0.1) is 0 Å². The molecule has 1 aliphatic rings. The number of ether oxygens (including phenoxy) is 1. The van der Waals surface area contributed by atoms with Crippen LogP contribution in [-0.4, -0.2) is 94.0 Å². The maximum atomic E-state index is 11.8. The monoisotopic (exact) mass is 598 g/mol. The Balaban J connectivity index is 2.62. The van der Waals surface area contributed by atoms with Crippen molar-refractivity contribution in [2.75, 3.05) is 32.3 Å². The summed E-state index contributed by atoms with van der Waals surface area (Å²) >= 11 is 0. The van der Waals surface area contributed by atoms with Gasteiger partial charge in [-0.25, -0.2) is 13.4 Å². The highest BCUT2D eigenvalue weighted by Gasteiger charge is 2.45. The minimum Gasteiger partial charge on any atom is -0.387 e. The molecule has 1 heterocycles. The Labute approximate surface area is 200 Å². The van der Waals surface area contributed by atoms with Crippen molar-refractivity contribution in [3.8, 4) is 0 Å². The van der Waals surface area contributed by atoms with Gasteiger partial charge in [-0.05, 0) is 32.2 Å². The molecule has 0 amide bonds. The molecular weight excluding hydrogens is 568 g/mol. The summed E-state index contributed by atoms with van der Waals surface area (Å²) in [5, 5.41) is 10.5. The minimum atomic E-state index is -5.31. The molecule has 0 aromatic heterocycles. The predicted octanol–water partition coefficient (Wildman–Crippen LogP) is 2.21. The molecule has 5 N–H and O–H groups in total. The molecule has 198 valence electrons. The summed E-state index contributed by atoms with van der Waals surface area (Å²) in [6, 6.07) is 0. The van der Waals surface area contributed by atoms with Gasteiger partial charge in [0.1, 0.15) is 18.3 Å². The number of aliphatic hydroxyl groups is 1. The van der Waals surface area contributed by atoms with Gasteiger partial charge in [0.05, 0.1) is 19.3 Å². The van der Waals surface area contributed by atoms with Gasteiger partial charge in [0.15, 0.2) is 0 Å². The first kappa shape index (κ1) is 32.3. The number of hydrogen-bond acceptors (Lipinski definition) is 14. The van der Waals surface area contributed by atoms with Gasteiger partial charge in [0.25, 0.3) is 7.57 Å². The fourth-order valence-corrected chi connectivity index (χ4v) is 8.35. The topological polar surface area (TPSA) is 200 Å². The maximum absolute atomic E-state index is 11.8. The normalized spacial score (nSPS) is 30.8. The van der Waals surface area contributed by atoms with Crippen molar-refractivity contribution in [2.45, 2.75) is 37.8 Å². The van der Waals surface area contributed by atoms with Crippen LogP contribution in [0.4, 0.5) is 0 Å². The Morgan fingerprint density at radius 3 is 2.24 bits per heavy atom. The SMILES string of the molecule is C=P(O)(OCCCSSC)OC1[C@H](C)O[C@H](COP(=C)(O)OP(=O)(O)OP(=O)(O)OC)[C@@H]1O. The van der Waals surface area contributed by atoms with E-state index in [2.05, 4.69) is 25.7 Å². The fourth-order valence-electron chi connectivity index (χ4n) is 2.39. The molecule has 14 nitrogen and oxygen atoms in total. The first-order valence-electron chi connectivity index (χ1n) is 9.06. The number of hydrogen-bond donors (Lipinski definition) is 5. The Morgan fingerprint density at radius 2 is 1.67 bits per heavy atom. The van der Waals surface area contributed by atoms with E-state index in [9.17, 15) is 28.9 Å². The average Bonchev–Trinajstić information content (AvgIpc) is 2.91. The van der Waals surface area contributed by atoms with Crippen LogP contribution in [0.3, 0.4) is 0 Å². The first-order chi connectivity index (χ1) is 15.0. The Hall–Kier alpha value is 1.28. The Morgan fingerprint density at radius 1 is 1.03 bits per heavy atom. The van der Waals surface area contributed by atoms with Gasteiger partial charge in [-0.1, -0.05) is 21.6 Å². The van der Waals surface area contributed by atoms with Crippen molar-refractivity contribution in [3.05, 3.63) is 0 Å². The van der Waals surface area contributed by atoms with Gasteiger partial charge in [-0.2, -0.15) is 4.31 Å². The lowest BCUT2D eigenvalue weighted by Crippen LogP contribution is -2.35. The van der Waals surface area contributed by atoms with E-state index in [1.165, 1.54) is 0 Å². The molecule has 0 aliphatic carbocycles. The molecule has 1 aliphatic heterocycles. The molecule has 1 fully saturated rings. The third-order valence-electron chi connectivity index (χ3n) is 3.75. The van der Waals surface area contributed by atoms with Crippen molar-refractivity contribution in [1.29, 1.82) is 0 Å². The van der Waals surface area contributed by atoms with E-state index in [1.807, 2.05) is 6.26 Å². The summed E-state index contributed by atoms with van der Waals surface area (Å²) in [7, 11) is -14.1. The van der Waals surface area contributed by atoms with E-state index >= 15 is 0 Å². The van der Waals surface area contributed by atoms with Crippen LogP contribution in [0.2, 0.25) is 0 Å². The highest BCUT2D eigenvalue weighted by atomic mass is 33.1. The highest BCUT2D eigenvalue weighted by molar-refractivity contribution is 8.76. The van der Waals surface area contributed by atoms with Crippen LogP contribution >= 0.6 is 52.4 Å². The standard InChI is InChI=1S/C13H30O14P4S2/c1-10-13(25-28(3,15)22-7-6-8-33-32-5)12(14)11(24-10)9-23-29(4,16)26-31(19,20)27-30(17,18)21-2/h10-16H,3-4,6-9H2,1-2,5H3,(H,17,18)(H,19,20)/t10-,11+,12-,13?,28?,29?/m0/s1. The second-order valence-electron chi connectivity index (χ2n) is 6.47. The molecule has 1 saturated heterocycles. The van der Waals surface area contributed by atoms with Crippen LogP contribution in [0.5, 0.6) is 0 Å². The van der Waals surface area contributed by atoms with Crippen LogP contribution in [0.25, 0.3) is 0 Å². The van der Waals surface area contributed by atoms with Crippen molar-refractivity contribution >= 4 is 65.0 Å². The number of aliphatic hydroxyl groups excluding tert-OH is 1. The molecule has 33 heavy (non-hydrogen) atoms. The zero-order valence-electron chi connectivity index (χ0n) is 18.1. The summed E-state index contributed by atoms with van der Waals surface area (Å²) < 4.78 is 56.5. The molecule has 1 rings (SSSR count). The van der Waals surface area contributed by atoms with E-state index < -0.39 is 61.8 Å². The number of phosphoric acid groups is 2. The lowest BCUT2D eigenvalue weighted by molar-refractivity contribution is -0.0136. The van der Waals surface area contributed by atoms with E-state index in [0.29, 0.717) is 6.42 Å². The van der Waals surface area contributed by atoms with Gasteiger partial charge < -0.3 is 43.0 Å². The second-order valence-corrected chi connectivity index (χ2v) is 16.0. The third-order valence-corrected chi connectivity index (χ3v) is 11.3. The molecular formula is C13H30O14P4S2. The van der Waals surface area contributed by atoms with Crippen LogP contribution in [0.15, 0.2) is 0 Å². The van der Waals surface area contributed by atoms with E-state index in [0.717, 1.165) is 12.9 Å². The largest absolute Gasteiger partial charge is 0.487 e. The maximum Gasteiger partial charge on any atom is 0.487 e.